The van der Waals surface area contributed by atoms with Gasteiger partial charge in [0.1, 0.15) is 0 Å². The van der Waals surface area contributed by atoms with Gasteiger partial charge in [-0.2, -0.15) is 0 Å². The Kier molecular flexibility index (Phi) is 6.63. The average Bonchev–Trinajstić information content (AvgIpc) is 2.70. The summed E-state index contributed by atoms with van der Waals surface area (Å²) in [5.74, 6) is -0.473. The highest BCUT2D eigenvalue weighted by Crippen LogP contribution is 2.26. The van der Waals surface area contributed by atoms with E-state index in [9.17, 15) is 14.4 Å². The van der Waals surface area contributed by atoms with Gasteiger partial charge in [0, 0.05) is 18.2 Å². The molecule has 2 aromatic carbocycles. The summed E-state index contributed by atoms with van der Waals surface area (Å²) in [6, 6.07) is 14.4. The number of aryl methyl sites for hydroxylation is 1. The molecule has 0 saturated heterocycles. The molecule has 0 bridgehead atoms. The fraction of sp³-hybridized carbons (Fsp3) is 0.190. The zero-order chi connectivity index (χ0) is 21.7. The quantitative estimate of drug-likeness (QED) is 0.524. The molecular formula is C21H21N5O3S. The molecule has 1 atom stereocenters. The molecule has 8 nitrogen and oxygen atoms in total. The van der Waals surface area contributed by atoms with Gasteiger partial charge in [0.15, 0.2) is 10.9 Å². The Morgan fingerprint density at radius 1 is 1.07 bits per heavy atom. The molecule has 9 heteroatoms. The van der Waals surface area contributed by atoms with Crippen LogP contribution in [0.5, 0.6) is 0 Å². The van der Waals surface area contributed by atoms with E-state index in [4.69, 9.17) is 0 Å². The lowest BCUT2D eigenvalue weighted by Gasteiger charge is -2.12. The average molecular weight is 423 g/mol. The molecular weight excluding hydrogens is 402 g/mol. The summed E-state index contributed by atoms with van der Waals surface area (Å²) in [4.78, 5) is 39.1. The molecule has 0 spiro atoms. The number of carbonyl (C=O) groups excluding carboxylic acids is 2. The van der Waals surface area contributed by atoms with Gasteiger partial charge in [-0.15, -0.1) is 10.2 Å². The van der Waals surface area contributed by atoms with Gasteiger partial charge >= 0.3 is 0 Å². The molecule has 3 aromatic rings. The number of rotatable bonds is 6. The van der Waals surface area contributed by atoms with E-state index in [1.807, 2.05) is 31.2 Å². The van der Waals surface area contributed by atoms with Crippen molar-refractivity contribution in [2.24, 2.45) is 0 Å². The second-order valence-corrected chi connectivity index (χ2v) is 7.98. The summed E-state index contributed by atoms with van der Waals surface area (Å²) < 4.78 is 0. The molecule has 1 heterocycles. The number of aromatic nitrogens is 3. The summed E-state index contributed by atoms with van der Waals surface area (Å²) in [6.07, 6.45) is 0. The maximum absolute atomic E-state index is 12.6. The van der Waals surface area contributed by atoms with Gasteiger partial charge in [-0.1, -0.05) is 41.6 Å². The minimum Gasteiger partial charge on any atom is -0.326 e. The maximum atomic E-state index is 12.6. The summed E-state index contributed by atoms with van der Waals surface area (Å²) in [5.41, 5.74) is 2.18. The van der Waals surface area contributed by atoms with Crippen LogP contribution in [0.4, 0.5) is 11.4 Å². The van der Waals surface area contributed by atoms with Gasteiger partial charge < -0.3 is 10.6 Å². The minimum absolute atomic E-state index is 0.0909. The van der Waals surface area contributed by atoms with Crippen molar-refractivity contribution in [3.05, 3.63) is 64.4 Å². The number of hydrogen-bond donors (Lipinski definition) is 3. The topological polar surface area (TPSA) is 117 Å². The molecule has 0 radical (unpaired) electrons. The van der Waals surface area contributed by atoms with E-state index < -0.39 is 10.8 Å². The molecule has 0 saturated carbocycles. The molecule has 0 unspecified atom stereocenters. The largest absolute Gasteiger partial charge is 0.326 e. The number of nitrogens with one attached hydrogen (secondary N) is 3. The molecule has 3 N–H and O–H groups in total. The van der Waals surface area contributed by atoms with Crippen LogP contribution >= 0.6 is 11.8 Å². The zero-order valence-electron chi connectivity index (χ0n) is 16.7. The van der Waals surface area contributed by atoms with Crippen molar-refractivity contribution in [2.75, 3.05) is 10.6 Å². The Morgan fingerprint density at radius 3 is 2.47 bits per heavy atom. The van der Waals surface area contributed by atoms with Gasteiger partial charge in [-0.25, -0.2) is 0 Å². The molecule has 1 aromatic heterocycles. The number of amides is 2. The first-order chi connectivity index (χ1) is 14.3. The number of anilines is 2. The number of nitrogens with zero attached hydrogens (tertiary/aromatic N) is 2. The minimum atomic E-state index is -0.505. The first kappa shape index (κ1) is 21.3. The van der Waals surface area contributed by atoms with Gasteiger partial charge in [0.25, 0.3) is 5.56 Å². The molecule has 0 aliphatic heterocycles. The van der Waals surface area contributed by atoms with Crippen LogP contribution in [0.15, 0.2) is 58.5 Å². The molecule has 0 aliphatic rings. The van der Waals surface area contributed by atoms with Crippen LogP contribution < -0.4 is 16.2 Å². The Balaban J connectivity index is 1.79. The second kappa shape index (κ2) is 9.36. The predicted molar refractivity (Wildman–Crippen MR) is 118 cm³/mol. The second-order valence-electron chi connectivity index (χ2n) is 6.65. The van der Waals surface area contributed by atoms with E-state index in [2.05, 4.69) is 25.8 Å². The highest BCUT2D eigenvalue weighted by Gasteiger charge is 2.18. The number of thioether (sulfide) groups is 1. The number of aromatic amines is 1. The fourth-order valence-corrected chi connectivity index (χ4v) is 3.43. The van der Waals surface area contributed by atoms with Crippen molar-refractivity contribution in [3.63, 3.8) is 0 Å². The van der Waals surface area contributed by atoms with Gasteiger partial charge in [-0.05, 0) is 38.1 Å². The Labute approximate surface area is 177 Å². The number of H-pyrrole nitrogens is 1. The lowest BCUT2D eigenvalue weighted by atomic mass is 10.1. The molecule has 3 rings (SSSR count). The van der Waals surface area contributed by atoms with Crippen LogP contribution in [0, 0.1) is 6.92 Å². The summed E-state index contributed by atoms with van der Waals surface area (Å²) in [7, 11) is 0. The van der Waals surface area contributed by atoms with Gasteiger partial charge in [0.05, 0.1) is 10.9 Å². The van der Waals surface area contributed by atoms with E-state index in [0.717, 1.165) is 17.3 Å². The predicted octanol–water partition coefficient (Wildman–Crippen LogP) is 3.22. The Hall–Kier alpha value is -3.46. The summed E-state index contributed by atoms with van der Waals surface area (Å²) >= 11 is 1.10. The van der Waals surface area contributed by atoms with Crippen LogP contribution in [0.2, 0.25) is 0 Å². The van der Waals surface area contributed by atoms with Crippen molar-refractivity contribution in [1.82, 2.24) is 15.2 Å². The van der Waals surface area contributed by atoms with Crippen molar-refractivity contribution < 1.29 is 9.59 Å². The standard InChI is InChI=1S/C21H21N5O3S/c1-12-9-10-17(22-14(3)27)16(11-12)18-20(29)24-21(26-25-18)30-13(2)19(28)23-15-7-5-4-6-8-15/h4-11,13H,1-3H3,(H,22,27)(H,23,28)(H,24,26,29)/t13-/m0/s1. The molecule has 154 valence electrons. The smallest absolute Gasteiger partial charge is 0.278 e. The SMILES string of the molecule is CC(=O)Nc1ccc(C)cc1-c1nnc(S[C@@H](C)C(=O)Nc2ccccc2)[nH]c1=O. The lowest BCUT2D eigenvalue weighted by Crippen LogP contribution is -2.23. The van der Waals surface area contributed by atoms with Gasteiger partial charge in [-0.3, -0.25) is 19.4 Å². The molecule has 2 amide bonds. The third-order valence-corrected chi connectivity index (χ3v) is 5.09. The monoisotopic (exact) mass is 423 g/mol. The zero-order valence-corrected chi connectivity index (χ0v) is 17.5. The van der Waals surface area contributed by atoms with Gasteiger partial charge in [0.2, 0.25) is 11.8 Å². The van der Waals surface area contributed by atoms with Crippen LogP contribution in [-0.2, 0) is 9.59 Å². The first-order valence-electron chi connectivity index (χ1n) is 9.21. The molecule has 30 heavy (non-hydrogen) atoms. The molecule has 0 fully saturated rings. The van der Waals surface area contributed by atoms with E-state index in [-0.39, 0.29) is 22.7 Å². The van der Waals surface area contributed by atoms with E-state index >= 15 is 0 Å². The summed E-state index contributed by atoms with van der Waals surface area (Å²) in [5, 5.41) is 13.3. The first-order valence-corrected chi connectivity index (χ1v) is 10.1. The lowest BCUT2D eigenvalue weighted by molar-refractivity contribution is -0.115. The molecule has 0 aliphatic carbocycles. The number of benzene rings is 2. The number of carbonyl (C=O) groups is 2. The van der Waals surface area contributed by atoms with Crippen molar-refractivity contribution in [1.29, 1.82) is 0 Å². The Bertz CT molecular complexity index is 1130. The van der Waals surface area contributed by atoms with Crippen LogP contribution in [-0.4, -0.2) is 32.2 Å². The third-order valence-electron chi connectivity index (χ3n) is 4.12. The summed E-state index contributed by atoms with van der Waals surface area (Å²) in [6.45, 7) is 4.98. The van der Waals surface area contributed by atoms with Crippen molar-refractivity contribution in [2.45, 2.75) is 31.2 Å². The third kappa shape index (κ3) is 5.32. The normalized spacial score (nSPS) is 11.6. The fourth-order valence-electron chi connectivity index (χ4n) is 2.69. The highest BCUT2D eigenvalue weighted by molar-refractivity contribution is 8.00. The number of para-hydroxylation sites is 1. The van der Waals surface area contributed by atoms with Crippen molar-refractivity contribution in [3.8, 4) is 11.3 Å². The maximum Gasteiger partial charge on any atom is 0.278 e. The van der Waals surface area contributed by atoms with Crippen LogP contribution in [0.1, 0.15) is 19.4 Å². The number of hydrogen-bond acceptors (Lipinski definition) is 6. The van der Waals surface area contributed by atoms with Crippen molar-refractivity contribution >= 4 is 35.0 Å². The van der Waals surface area contributed by atoms with Crippen LogP contribution in [0.25, 0.3) is 11.3 Å². The highest BCUT2D eigenvalue weighted by atomic mass is 32.2. The Morgan fingerprint density at radius 2 is 1.80 bits per heavy atom. The van der Waals surface area contributed by atoms with Crippen LogP contribution in [0.3, 0.4) is 0 Å². The van der Waals surface area contributed by atoms with E-state index in [1.54, 1.807) is 31.2 Å². The van der Waals surface area contributed by atoms with E-state index in [0.29, 0.717) is 16.9 Å². The van der Waals surface area contributed by atoms with E-state index in [1.165, 1.54) is 6.92 Å².